The highest BCUT2D eigenvalue weighted by atomic mass is 35.5. The van der Waals surface area contributed by atoms with Gasteiger partial charge in [-0.1, -0.05) is 23.4 Å². The van der Waals surface area contributed by atoms with E-state index in [0.29, 0.717) is 9.92 Å². The summed E-state index contributed by atoms with van der Waals surface area (Å²) in [6.07, 6.45) is 1.25. The van der Waals surface area contributed by atoms with E-state index in [-0.39, 0.29) is 23.1 Å². The monoisotopic (exact) mass is 379 g/mol. The van der Waals surface area contributed by atoms with Gasteiger partial charge in [0, 0.05) is 32.5 Å². The quantitative estimate of drug-likeness (QED) is 0.561. The van der Waals surface area contributed by atoms with Crippen molar-refractivity contribution in [2.75, 3.05) is 6.61 Å². The van der Waals surface area contributed by atoms with E-state index in [4.69, 9.17) is 16.3 Å². The molecular weight excluding hydrogens is 368 g/mol. The molecule has 0 fully saturated rings. The number of ether oxygens (including phenoxy) is 1. The van der Waals surface area contributed by atoms with Crippen molar-refractivity contribution in [2.45, 2.75) is 16.7 Å². The van der Waals surface area contributed by atoms with Crippen LogP contribution in [0.1, 0.15) is 17.3 Å². The second kappa shape index (κ2) is 7.37. The third-order valence-corrected chi connectivity index (χ3v) is 4.77. The van der Waals surface area contributed by atoms with E-state index in [1.807, 2.05) is 0 Å². The fourth-order valence-electron chi connectivity index (χ4n) is 2.29. The third-order valence-electron chi connectivity index (χ3n) is 3.37. The molecule has 0 atom stereocenters. The number of hydrogen-bond acceptors (Lipinski definition) is 4. The smallest absolute Gasteiger partial charge is 0.340 e. The molecule has 0 spiro atoms. The standard InChI is InChI=1S/C18H12ClF2NO2S/c1-2-24-18(23)14-9-22-16-13(7-11(20)8-15(16)21)17(14)25-12-5-3-10(19)4-6-12/h3-9H,2H2,1H3. The molecule has 0 unspecified atom stereocenters. The summed E-state index contributed by atoms with van der Waals surface area (Å²) in [5.74, 6) is -2.13. The first-order chi connectivity index (χ1) is 12.0. The molecule has 128 valence electrons. The summed E-state index contributed by atoms with van der Waals surface area (Å²) in [5, 5.41) is 0.773. The fourth-order valence-corrected chi connectivity index (χ4v) is 3.43. The number of rotatable bonds is 4. The first-order valence-electron chi connectivity index (χ1n) is 7.38. The van der Waals surface area contributed by atoms with E-state index in [1.54, 1.807) is 31.2 Å². The van der Waals surface area contributed by atoms with Crippen LogP contribution in [0.4, 0.5) is 8.78 Å². The number of hydrogen-bond donors (Lipinski definition) is 0. The third kappa shape index (κ3) is 3.75. The van der Waals surface area contributed by atoms with Crippen molar-refractivity contribution < 1.29 is 18.3 Å². The van der Waals surface area contributed by atoms with Crippen molar-refractivity contribution in [2.24, 2.45) is 0 Å². The number of pyridine rings is 1. The Morgan fingerprint density at radius 3 is 2.64 bits per heavy atom. The zero-order chi connectivity index (χ0) is 18.0. The molecule has 0 amide bonds. The summed E-state index contributed by atoms with van der Waals surface area (Å²) in [6, 6.07) is 8.81. The van der Waals surface area contributed by atoms with Crippen LogP contribution in [0.15, 0.2) is 52.4 Å². The van der Waals surface area contributed by atoms with Gasteiger partial charge in [-0.3, -0.25) is 4.98 Å². The van der Waals surface area contributed by atoms with Gasteiger partial charge in [0.1, 0.15) is 11.3 Å². The predicted molar refractivity (Wildman–Crippen MR) is 93.2 cm³/mol. The number of aromatic nitrogens is 1. The maximum Gasteiger partial charge on any atom is 0.340 e. The van der Waals surface area contributed by atoms with Crippen molar-refractivity contribution in [3.8, 4) is 0 Å². The molecule has 1 aromatic heterocycles. The Balaban J connectivity index is 2.21. The molecule has 25 heavy (non-hydrogen) atoms. The summed E-state index contributed by atoms with van der Waals surface area (Å²) in [7, 11) is 0. The molecule has 0 bridgehead atoms. The average Bonchev–Trinajstić information content (AvgIpc) is 2.57. The van der Waals surface area contributed by atoms with Gasteiger partial charge in [-0.15, -0.1) is 0 Å². The van der Waals surface area contributed by atoms with Crippen LogP contribution in [0.2, 0.25) is 5.02 Å². The molecule has 0 radical (unpaired) electrons. The predicted octanol–water partition coefficient (Wildman–Crippen LogP) is 5.49. The largest absolute Gasteiger partial charge is 0.462 e. The average molecular weight is 380 g/mol. The molecule has 0 aliphatic rings. The summed E-state index contributed by atoms with van der Waals surface area (Å²) in [6.45, 7) is 1.86. The SMILES string of the molecule is CCOC(=O)c1cnc2c(F)cc(F)cc2c1Sc1ccc(Cl)cc1. The van der Waals surface area contributed by atoms with Crippen LogP contribution in [-0.4, -0.2) is 17.6 Å². The van der Waals surface area contributed by atoms with Crippen molar-refractivity contribution in [3.63, 3.8) is 0 Å². The normalized spacial score (nSPS) is 10.9. The minimum absolute atomic E-state index is 0.00841. The van der Waals surface area contributed by atoms with E-state index >= 15 is 0 Å². The maximum atomic E-state index is 14.1. The van der Waals surface area contributed by atoms with Crippen molar-refractivity contribution in [1.82, 2.24) is 4.98 Å². The Hall–Kier alpha value is -2.18. The number of nitrogens with zero attached hydrogens (tertiary/aromatic N) is 1. The molecule has 0 saturated carbocycles. The van der Waals surface area contributed by atoms with Crippen LogP contribution < -0.4 is 0 Å². The molecule has 0 N–H and O–H groups in total. The lowest BCUT2D eigenvalue weighted by Gasteiger charge is -2.12. The summed E-state index contributed by atoms with van der Waals surface area (Å²) < 4.78 is 32.8. The molecule has 1 heterocycles. The Bertz CT molecular complexity index is 948. The molecule has 3 rings (SSSR count). The molecule has 3 aromatic rings. The van der Waals surface area contributed by atoms with E-state index in [2.05, 4.69) is 4.98 Å². The summed E-state index contributed by atoms with van der Waals surface area (Å²) in [5.41, 5.74) is 0.144. The van der Waals surface area contributed by atoms with Gasteiger partial charge in [-0.05, 0) is 37.3 Å². The highest BCUT2D eigenvalue weighted by Gasteiger charge is 2.20. The number of esters is 1. The van der Waals surface area contributed by atoms with Crippen LogP contribution in [0.5, 0.6) is 0 Å². The lowest BCUT2D eigenvalue weighted by molar-refractivity contribution is 0.0522. The highest BCUT2D eigenvalue weighted by Crippen LogP contribution is 2.37. The van der Waals surface area contributed by atoms with E-state index in [0.717, 1.165) is 17.0 Å². The Labute approximate surface area is 152 Å². The number of benzene rings is 2. The molecule has 3 nitrogen and oxygen atoms in total. The van der Waals surface area contributed by atoms with Gasteiger partial charge in [0.2, 0.25) is 0 Å². The summed E-state index contributed by atoms with van der Waals surface area (Å²) >= 11 is 7.07. The number of halogens is 3. The van der Waals surface area contributed by atoms with Crippen molar-refractivity contribution in [3.05, 3.63) is 64.8 Å². The van der Waals surface area contributed by atoms with Gasteiger partial charge in [-0.25, -0.2) is 13.6 Å². The summed E-state index contributed by atoms with van der Waals surface area (Å²) in [4.78, 5) is 17.3. The lowest BCUT2D eigenvalue weighted by atomic mass is 10.1. The van der Waals surface area contributed by atoms with Crippen molar-refractivity contribution >= 4 is 40.2 Å². The zero-order valence-electron chi connectivity index (χ0n) is 13.1. The van der Waals surface area contributed by atoms with Crippen molar-refractivity contribution in [1.29, 1.82) is 0 Å². The molecule has 0 saturated heterocycles. The Morgan fingerprint density at radius 1 is 1.24 bits per heavy atom. The van der Waals surface area contributed by atoms with Gasteiger partial charge in [-0.2, -0.15) is 0 Å². The first-order valence-corrected chi connectivity index (χ1v) is 8.57. The minimum Gasteiger partial charge on any atom is -0.462 e. The molecular formula is C18H12ClF2NO2S. The van der Waals surface area contributed by atoms with E-state index in [1.165, 1.54) is 18.0 Å². The van der Waals surface area contributed by atoms with Gasteiger partial charge in [0.15, 0.2) is 5.82 Å². The van der Waals surface area contributed by atoms with Crippen LogP contribution >= 0.6 is 23.4 Å². The number of carbonyl (C=O) groups is 1. The number of carbonyl (C=O) groups excluding carboxylic acids is 1. The second-order valence-corrected chi connectivity index (χ2v) is 6.58. The first kappa shape index (κ1) is 17.6. The van der Waals surface area contributed by atoms with Crippen LogP contribution in [-0.2, 0) is 4.74 Å². The second-order valence-electron chi connectivity index (χ2n) is 5.06. The Kier molecular flexibility index (Phi) is 5.20. The van der Waals surface area contributed by atoms with Crippen LogP contribution in [0.3, 0.4) is 0 Å². The Morgan fingerprint density at radius 2 is 1.96 bits per heavy atom. The van der Waals surface area contributed by atoms with Crippen LogP contribution in [0, 0.1) is 11.6 Å². The van der Waals surface area contributed by atoms with Gasteiger partial charge >= 0.3 is 5.97 Å². The fraction of sp³-hybridized carbons (Fsp3) is 0.111. The van der Waals surface area contributed by atoms with E-state index < -0.39 is 17.6 Å². The molecule has 2 aromatic carbocycles. The molecule has 0 aliphatic heterocycles. The molecule has 7 heteroatoms. The number of fused-ring (bicyclic) bond motifs is 1. The molecule has 0 aliphatic carbocycles. The zero-order valence-corrected chi connectivity index (χ0v) is 14.6. The van der Waals surface area contributed by atoms with Gasteiger partial charge in [0.05, 0.1) is 12.2 Å². The minimum atomic E-state index is -0.789. The van der Waals surface area contributed by atoms with Gasteiger partial charge in [0.25, 0.3) is 0 Å². The van der Waals surface area contributed by atoms with E-state index in [9.17, 15) is 13.6 Å². The lowest BCUT2D eigenvalue weighted by Crippen LogP contribution is -2.07. The van der Waals surface area contributed by atoms with Gasteiger partial charge < -0.3 is 4.74 Å². The van der Waals surface area contributed by atoms with Crippen LogP contribution in [0.25, 0.3) is 10.9 Å². The maximum absolute atomic E-state index is 14.1. The highest BCUT2D eigenvalue weighted by molar-refractivity contribution is 7.99. The topological polar surface area (TPSA) is 39.2 Å².